The van der Waals surface area contributed by atoms with Crippen LogP contribution in [0.4, 0.5) is 0 Å². The average molecular weight is 366 g/mol. The molecule has 1 saturated carbocycles. The van der Waals surface area contributed by atoms with Crippen molar-refractivity contribution in [2.75, 3.05) is 14.1 Å². The van der Waals surface area contributed by atoms with Crippen LogP contribution >= 0.6 is 11.3 Å². The number of nitrogens with zero attached hydrogens (tertiary/aromatic N) is 2. The highest BCUT2D eigenvalue weighted by molar-refractivity contribution is 7.11. The van der Waals surface area contributed by atoms with E-state index in [-0.39, 0.29) is 23.1 Å². The van der Waals surface area contributed by atoms with Crippen molar-refractivity contribution < 1.29 is 9.59 Å². The van der Waals surface area contributed by atoms with Gasteiger partial charge >= 0.3 is 0 Å². The molecule has 0 bridgehead atoms. The smallest absolute Gasteiger partial charge is 0.226 e. The highest BCUT2D eigenvalue weighted by atomic mass is 32.1. The van der Waals surface area contributed by atoms with Gasteiger partial charge in [0.15, 0.2) is 0 Å². The molecule has 2 atom stereocenters. The van der Waals surface area contributed by atoms with Crippen molar-refractivity contribution in [1.29, 1.82) is 0 Å². The quantitative estimate of drug-likeness (QED) is 0.872. The number of nitrogens with one attached hydrogen (secondary N) is 1. The first-order valence-electron chi connectivity index (χ1n) is 8.99. The summed E-state index contributed by atoms with van der Waals surface area (Å²) in [4.78, 5) is 32.8. The predicted octanol–water partition coefficient (Wildman–Crippen LogP) is 3.16. The maximum atomic E-state index is 13.0. The lowest BCUT2D eigenvalue weighted by atomic mass is 9.65. The summed E-state index contributed by atoms with van der Waals surface area (Å²) in [5, 5.41) is 4.21. The van der Waals surface area contributed by atoms with Gasteiger partial charge in [0.2, 0.25) is 11.8 Å². The molecule has 1 aliphatic rings. The second-order valence-electron chi connectivity index (χ2n) is 8.03. The Bertz CT molecular complexity index is 666. The maximum absolute atomic E-state index is 13.0. The third kappa shape index (κ3) is 3.46. The van der Waals surface area contributed by atoms with Crippen LogP contribution in [0.1, 0.15) is 56.1 Å². The fraction of sp³-hybridized carbons (Fsp3) is 0.737. The van der Waals surface area contributed by atoms with Gasteiger partial charge in [0, 0.05) is 24.9 Å². The van der Waals surface area contributed by atoms with E-state index in [2.05, 4.69) is 31.1 Å². The van der Waals surface area contributed by atoms with Crippen molar-refractivity contribution in [3.8, 4) is 0 Å². The van der Waals surface area contributed by atoms with Gasteiger partial charge < -0.3 is 10.2 Å². The lowest BCUT2D eigenvalue weighted by molar-refractivity contribution is -0.142. The minimum absolute atomic E-state index is 0.0393. The van der Waals surface area contributed by atoms with Crippen LogP contribution in [-0.2, 0) is 22.6 Å². The van der Waals surface area contributed by atoms with Crippen LogP contribution in [0.3, 0.4) is 0 Å². The molecule has 140 valence electrons. The van der Waals surface area contributed by atoms with Gasteiger partial charge in [-0.1, -0.05) is 27.7 Å². The minimum atomic E-state index is -0.546. The molecule has 2 rings (SSSR count). The molecule has 0 aliphatic heterocycles. The molecule has 1 N–H and O–H groups in total. The molecule has 1 aromatic heterocycles. The molecule has 1 aliphatic carbocycles. The lowest BCUT2D eigenvalue weighted by Gasteiger charge is -2.40. The minimum Gasteiger partial charge on any atom is -0.351 e. The molecule has 0 unspecified atom stereocenters. The number of rotatable bonds is 5. The Balaban J connectivity index is 2.12. The Morgan fingerprint density at radius 1 is 1.32 bits per heavy atom. The van der Waals surface area contributed by atoms with Gasteiger partial charge in [0.25, 0.3) is 0 Å². The summed E-state index contributed by atoms with van der Waals surface area (Å²) in [6.45, 7) is 10.7. The van der Waals surface area contributed by atoms with Gasteiger partial charge in [0.1, 0.15) is 0 Å². The summed E-state index contributed by atoms with van der Waals surface area (Å²) in [6.07, 6.45) is 2.41. The molecule has 5 nitrogen and oxygen atoms in total. The molecular weight excluding hydrogens is 334 g/mol. The number of hydrogen-bond acceptors (Lipinski definition) is 4. The van der Waals surface area contributed by atoms with Crippen molar-refractivity contribution >= 4 is 23.2 Å². The Morgan fingerprint density at radius 2 is 1.96 bits per heavy atom. The van der Waals surface area contributed by atoms with E-state index in [9.17, 15) is 9.59 Å². The zero-order valence-electron chi connectivity index (χ0n) is 16.5. The Hall–Kier alpha value is -1.43. The second-order valence-corrected chi connectivity index (χ2v) is 9.20. The molecule has 6 heteroatoms. The third-order valence-electron chi connectivity index (χ3n) is 6.12. The number of thiazole rings is 1. The van der Waals surface area contributed by atoms with Crippen LogP contribution in [0.2, 0.25) is 0 Å². The van der Waals surface area contributed by atoms with Crippen LogP contribution < -0.4 is 5.32 Å². The summed E-state index contributed by atoms with van der Waals surface area (Å²) in [5.41, 5.74) is 0.0734. The van der Waals surface area contributed by atoms with Crippen molar-refractivity contribution in [3.63, 3.8) is 0 Å². The number of aryl methyl sites for hydroxylation is 2. The van der Waals surface area contributed by atoms with Gasteiger partial charge in [-0.05, 0) is 31.6 Å². The Kier molecular flexibility index (Phi) is 5.62. The summed E-state index contributed by atoms with van der Waals surface area (Å²) >= 11 is 1.67. The van der Waals surface area contributed by atoms with Crippen molar-refractivity contribution in [2.24, 2.45) is 16.7 Å². The molecule has 25 heavy (non-hydrogen) atoms. The van der Waals surface area contributed by atoms with E-state index in [1.54, 1.807) is 30.3 Å². The van der Waals surface area contributed by atoms with E-state index in [0.717, 1.165) is 34.8 Å². The van der Waals surface area contributed by atoms with Crippen LogP contribution in [0.25, 0.3) is 0 Å². The van der Waals surface area contributed by atoms with Crippen LogP contribution in [0, 0.1) is 23.7 Å². The van der Waals surface area contributed by atoms with E-state index >= 15 is 0 Å². The molecule has 2 amide bonds. The van der Waals surface area contributed by atoms with E-state index in [1.165, 1.54) is 0 Å². The lowest BCUT2D eigenvalue weighted by Crippen LogP contribution is -2.49. The van der Waals surface area contributed by atoms with Gasteiger partial charge in [-0.3, -0.25) is 9.59 Å². The normalized spacial score (nSPS) is 25.0. The zero-order chi connectivity index (χ0) is 19.0. The van der Waals surface area contributed by atoms with E-state index in [4.69, 9.17) is 0 Å². The van der Waals surface area contributed by atoms with Crippen molar-refractivity contribution in [1.82, 2.24) is 15.2 Å². The maximum Gasteiger partial charge on any atom is 0.226 e. The first-order chi connectivity index (χ1) is 11.5. The average Bonchev–Trinajstić information content (AvgIpc) is 3.02. The molecule has 0 radical (unpaired) electrons. The first kappa shape index (κ1) is 19.9. The van der Waals surface area contributed by atoms with Gasteiger partial charge in [-0.25, -0.2) is 4.98 Å². The monoisotopic (exact) mass is 365 g/mol. The SMILES string of the molecule is CCc1nc(C)c(CNC(=O)[C@@]2(C)CC[C@@H](C(=O)N(C)C)C2(C)C)s1. The first-order valence-corrected chi connectivity index (χ1v) is 9.81. The number of carbonyl (C=O) groups excluding carboxylic acids is 2. The third-order valence-corrected chi connectivity index (χ3v) is 7.42. The Labute approximate surface area is 155 Å². The molecule has 1 fully saturated rings. The van der Waals surface area contributed by atoms with E-state index in [1.807, 2.05) is 13.8 Å². The fourth-order valence-electron chi connectivity index (χ4n) is 3.81. The largest absolute Gasteiger partial charge is 0.351 e. The molecule has 0 aromatic carbocycles. The van der Waals surface area contributed by atoms with E-state index in [0.29, 0.717) is 6.54 Å². The Morgan fingerprint density at radius 3 is 2.48 bits per heavy atom. The summed E-state index contributed by atoms with van der Waals surface area (Å²) in [5.74, 6) is 0.0416. The van der Waals surface area contributed by atoms with Crippen LogP contribution in [-0.4, -0.2) is 35.8 Å². The number of carbonyl (C=O) groups is 2. The molecular formula is C19H31N3O2S. The summed E-state index contributed by atoms with van der Waals surface area (Å²) < 4.78 is 0. The van der Waals surface area contributed by atoms with Gasteiger partial charge in [-0.15, -0.1) is 11.3 Å². The van der Waals surface area contributed by atoms with Gasteiger partial charge in [0.05, 0.1) is 22.7 Å². The predicted molar refractivity (Wildman–Crippen MR) is 101 cm³/mol. The topological polar surface area (TPSA) is 62.3 Å². The highest BCUT2D eigenvalue weighted by Gasteiger charge is 2.58. The van der Waals surface area contributed by atoms with Gasteiger partial charge in [-0.2, -0.15) is 0 Å². The van der Waals surface area contributed by atoms with Crippen molar-refractivity contribution in [3.05, 3.63) is 15.6 Å². The van der Waals surface area contributed by atoms with Crippen LogP contribution in [0.15, 0.2) is 0 Å². The number of aromatic nitrogens is 1. The zero-order valence-corrected chi connectivity index (χ0v) is 17.3. The van der Waals surface area contributed by atoms with Crippen LogP contribution in [0.5, 0.6) is 0 Å². The number of hydrogen-bond donors (Lipinski definition) is 1. The summed E-state index contributed by atoms with van der Waals surface area (Å²) in [7, 11) is 3.57. The standard InChI is InChI=1S/C19H31N3O2S/c1-8-15-21-12(2)14(25-15)11-20-17(24)19(5)10-9-13(18(19,3)4)16(23)22(6)7/h13H,8-11H2,1-7H3,(H,20,24)/t13-,19+/m0/s1. The molecule has 0 spiro atoms. The molecule has 1 heterocycles. The molecule has 1 aromatic rings. The van der Waals surface area contributed by atoms with E-state index < -0.39 is 5.41 Å². The summed E-state index contributed by atoms with van der Waals surface area (Å²) in [6, 6.07) is 0. The fourth-order valence-corrected chi connectivity index (χ4v) is 4.76. The molecule has 0 saturated heterocycles. The second kappa shape index (κ2) is 7.06. The highest BCUT2D eigenvalue weighted by Crippen LogP contribution is 2.56. The number of amides is 2. The van der Waals surface area contributed by atoms with Crippen molar-refractivity contribution in [2.45, 2.75) is 60.4 Å².